The molecule has 1 heterocycles. The van der Waals surface area contributed by atoms with E-state index >= 15 is 0 Å². The molecule has 5 heteroatoms. The van der Waals surface area contributed by atoms with Crippen LogP contribution < -0.4 is 15.5 Å². The predicted molar refractivity (Wildman–Crippen MR) is 101 cm³/mol. The number of benzene rings is 2. The third kappa shape index (κ3) is 4.95. The van der Waals surface area contributed by atoms with Crippen LogP contribution in [0.15, 0.2) is 59.6 Å². The van der Waals surface area contributed by atoms with Crippen molar-refractivity contribution < 1.29 is 4.39 Å². The molecule has 3 rings (SSSR count). The molecule has 0 spiro atoms. The van der Waals surface area contributed by atoms with Gasteiger partial charge in [-0.25, -0.2) is 4.39 Å². The number of guanidine groups is 1. The highest BCUT2D eigenvalue weighted by molar-refractivity contribution is 5.79. The Morgan fingerprint density at radius 2 is 1.88 bits per heavy atom. The topological polar surface area (TPSA) is 39.7 Å². The Morgan fingerprint density at radius 1 is 1.12 bits per heavy atom. The smallest absolute Gasteiger partial charge is 0.191 e. The zero-order chi connectivity index (χ0) is 17.5. The summed E-state index contributed by atoms with van der Waals surface area (Å²) >= 11 is 0. The van der Waals surface area contributed by atoms with Gasteiger partial charge in [0.05, 0.1) is 0 Å². The van der Waals surface area contributed by atoms with E-state index in [9.17, 15) is 4.39 Å². The Kier molecular flexibility index (Phi) is 5.88. The quantitative estimate of drug-likeness (QED) is 0.649. The van der Waals surface area contributed by atoms with E-state index in [1.807, 2.05) is 0 Å². The van der Waals surface area contributed by atoms with Crippen molar-refractivity contribution in [2.45, 2.75) is 13.0 Å². The zero-order valence-electron chi connectivity index (χ0n) is 14.6. The Bertz CT molecular complexity index is 685. The highest BCUT2D eigenvalue weighted by Gasteiger charge is 2.22. The molecule has 0 aromatic heterocycles. The Labute approximate surface area is 148 Å². The SMILES string of the molecule is CN=C(NCc1ccc(F)cc1)NCC1CCN(c2ccccc2)C1. The molecule has 1 saturated heterocycles. The van der Waals surface area contributed by atoms with Crippen molar-refractivity contribution in [3.05, 3.63) is 66.0 Å². The molecule has 1 fully saturated rings. The van der Waals surface area contributed by atoms with Crippen molar-refractivity contribution in [2.24, 2.45) is 10.9 Å². The van der Waals surface area contributed by atoms with Crippen LogP contribution >= 0.6 is 0 Å². The van der Waals surface area contributed by atoms with Crippen LogP contribution in [0, 0.1) is 11.7 Å². The first kappa shape index (κ1) is 17.3. The lowest BCUT2D eigenvalue weighted by molar-refractivity contribution is 0.565. The lowest BCUT2D eigenvalue weighted by Gasteiger charge is -2.19. The fourth-order valence-electron chi connectivity index (χ4n) is 3.12. The zero-order valence-corrected chi connectivity index (χ0v) is 14.6. The number of aliphatic imine (C=N–C) groups is 1. The van der Waals surface area contributed by atoms with Gasteiger partial charge in [0.15, 0.2) is 5.96 Å². The minimum Gasteiger partial charge on any atom is -0.371 e. The van der Waals surface area contributed by atoms with Gasteiger partial charge in [0, 0.05) is 38.9 Å². The first-order valence-electron chi connectivity index (χ1n) is 8.73. The van der Waals surface area contributed by atoms with E-state index in [2.05, 4.69) is 50.9 Å². The van der Waals surface area contributed by atoms with Crippen molar-refractivity contribution in [3.8, 4) is 0 Å². The highest BCUT2D eigenvalue weighted by Crippen LogP contribution is 2.22. The van der Waals surface area contributed by atoms with Crippen LogP contribution in [0.5, 0.6) is 0 Å². The summed E-state index contributed by atoms with van der Waals surface area (Å²) < 4.78 is 12.9. The number of hydrogen-bond donors (Lipinski definition) is 2. The highest BCUT2D eigenvalue weighted by atomic mass is 19.1. The molecule has 0 aliphatic carbocycles. The standard InChI is InChI=1S/C20H25FN4/c1-22-20(23-13-16-7-9-18(21)10-8-16)24-14-17-11-12-25(15-17)19-5-3-2-4-6-19/h2-10,17H,11-15H2,1H3,(H2,22,23,24). The van der Waals surface area contributed by atoms with Crippen molar-refractivity contribution in [1.82, 2.24) is 10.6 Å². The molecule has 1 atom stereocenters. The minimum absolute atomic E-state index is 0.213. The second-order valence-corrected chi connectivity index (χ2v) is 6.37. The first-order valence-corrected chi connectivity index (χ1v) is 8.73. The number of rotatable bonds is 5. The third-order valence-corrected chi connectivity index (χ3v) is 4.56. The van der Waals surface area contributed by atoms with Crippen LogP contribution in [0.2, 0.25) is 0 Å². The van der Waals surface area contributed by atoms with E-state index in [-0.39, 0.29) is 5.82 Å². The fourth-order valence-corrected chi connectivity index (χ4v) is 3.12. The molecule has 2 N–H and O–H groups in total. The Hall–Kier alpha value is -2.56. The number of anilines is 1. The van der Waals surface area contributed by atoms with Gasteiger partial charge in [0.25, 0.3) is 0 Å². The molecule has 0 amide bonds. The molecular weight excluding hydrogens is 315 g/mol. The monoisotopic (exact) mass is 340 g/mol. The summed E-state index contributed by atoms with van der Waals surface area (Å²) in [5, 5.41) is 6.68. The van der Waals surface area contributed by atoms with Crippen LogP contribution in [-0.4, -0.2) is 32.6 Å². The van der Waals surface area contributed by atoms with E-state index in [4.69, 9.17) is 0 Å². The van der Waals surface area contributed by atoms with Gasteiger partial charge in [-0.2, -0.15) is 0 Å². The van der Waals surface area contributed by atoms with E-state index < -0.39 is 0 Å². The number of para-hydroxylation sites is 1. The van der Waals surface area contributed by atoms with Crippen LogP contribution in [-0.2, 0) is 6.54 Å². The molecule has 1 aliphatic heterocycles. The average molecular weight is 340 g/mol. The van der Waals surface area contributed by atoms with E-state index in [0.717, 1.165) is 31.2 Å². The third-order valence-electron chi connectivity index (χ3n) is 4.56. The number of nitrogens with zero attached hydrogens (tertiary/aromatic N) is 2. The van der Waals surface area contributed by atoms with Gasteiger partial charge < -0.3 is 15.5 Å². The predicted octanol–water partition coefficient (Wildman–Crippen LogP) is 3.02. The maximum absolute atomic E-state index is 12.9. The maximum atomic E-state index is 12.9. The summed E-state index contributed by atoms with van der Waals surface area (Å²) in [6.45, 7) is 3.68. The summed E-state index contributed by atoms with van der Waals surface area (Å²) in [6.07, 6.45) is 1.18. The molecule has 2 aromatic carbocycles. The molecule has 2 aromatic rings. The molecule has 4 nitrogen and oxygen atoms in total. The molecule has 0 bridgehead atoms. The summed E-state index contributed by atoms with van der Waals surface area (Å²) in [4.78, 5) is 6.70. The first-order chi connectivity index (χ1) is 12.2. The van der Waals surface area contributed by atoms with Crippen LogP contribution in [0.1, 0.15) is 12.0 Å². The summed E-state index contributed by atoms with van der Waals surface area (Å²) in [5.41, 5.74) is 2.32. The minimum atomic E-state index is -0.213. The van der Waals surface area contributed by atoms with Crippen molar-refractivity contribution in [2.75, 3.05) is 31.6 Å². The largest absolute Gasteiger partial charge is 0.371 e. The summed E-state index contributed by atoms with van der Waals surface area (Å²) in [5.74, 6) is 1.17. The number of hydrogen-bond acceptors (Lipinski definition) is 2. The van der Waals surface area contributed by atoms with E-state index in [1.165, 1.54) is 24.2 Å². The van der Waals surface area contributed by atoms with Gasteiger partial charge >= 0.3 is 0 Å². The molecule has 0 saturated carbocycles. The second kappa shape index (κ2) is 8.51. The Morgan fingerprint density at radius 3 is 2.60 bits per heavy atom. The molecule has 1 unspecified atom stereocenters. The summed E-state index contributed by atoms with van der Waals surface area (Å²) in [7, 11) is 1.77. The molecule has 0 radical (unpaired) electrons. The number of nitrogens with one attached hydrogen (secondary N) is 2. The van der Waals surface area contributed by atoms with E-state index in [1.54, 1.807) is 19.2 Å². The van der Waals surface area contributed by atoms with Crippen LogP contribution in [0.25, 0.3) is 0 Å². The average Bonchev–Trinajstić information content (AvgIpc) is 3.13. The molecule has 25 heavy (non-hydrogen) atoms. The normalized spacial score (nSPS) is 17.6. The van der Waals surface area contributed by atoms with Crippen LogP contribution in [0.3, 0.4) is 0 Å². The summed E-state index contributed by atoms with van der Waals surface area (Å²) in [6, 6.07) is 17.1. The molecule has 1 aliphatic rings. The van der Waals surface area contributed by atoms with Crippen molar-refractivity contribution in [3.63, 3.8) is 0 Å². The van der Waals surface area contributed by atoms with E-state index in [0.29, 0.717) is 12.5 Å². The lowest BCUT2D eigenvalue weighted by atomic mass is 10.1. The van der Waals surface area contributed by atoms with Gasteiger partial charge in [-0.1, -0.05) is 30.3 Å². The fraction of sp³-hybridized carbons (Fsp3) is 0.350. The van der Waals surface area contributed by atoms with Gasteiger partial charge in [-0.15, -0.1) is 0 Å². The van der Waals surface area contributed by atoms with Gasteiger partial charge in [0.2, 0.25) is 0 Å². The Balaban J connectivity index is 1.43. The molecular formula is C20H25FN4. The van der Waals surface area contributed by atoms with Crippen molar-refractivity contribution in [1.29, 1.82) is 0 Å². The van der Waals surface area contributed by atoms with Gasteiger partial charge in [-0.05, 0) is 42.2 Å². The van der Waals surface area contributed by atoms with Gasteiger partial charge in [0.1, 0.15) is 5.82 Å². The maximum Gasteiger partial charge on any atom is 0.191 e. The van der Waals surface area contributed by atoms with Crippen molar-refractivity contribution >= 4 is 11.6 Å². The van der Waals surface area contributed by atoms with Crippen LogP contribution in [0.4, 0.5) is 10.1 Å². The lowest BCUT2D eigenvalue weighted by Crippen LogP contribution is -2.39. The van der Waals surface area contributed by atoms with Gasteiger partial charge in [-0.3, -0.25) is 4.99 Å². The molecule has 132 valence electrons. The second-order valence-electron chi connectivity index (χ2n) is 6.37. The number of halogens is 1.